The fourth-order valence-corrected chi connectivity index (χ4v) is 3.58. The Balaban J connectivity index is 1.88. The normalized spacial score (nSPS) is 13.8. The van der Waals surface area contributed by atoms with Crippen LogP contribution in [0.4, 0.5) is 5.82 Å². The number of aryl methyl sites for hydroxylation is 1. The van der Waals surface area contributed by atoms with Gasteiger partial charge < -0.3 is 19.8 Å². The molecule has 0 saturated carbocycles. The van der Waals surface area contributed by atoms with Crippen molar-refractivity contribution in [2.24, 2.45) is 0 Å². The molecule has 0 aliphatic carbocycles. The summed E-state index contributed by atoms with van der Waals surface area (Å²) in [6, 6.07) is 5.47. The zero-order valence-electron chi connectivity index (χ0n) is 16.1. The highest BCUT2D eigenvalue weighted by Crippen LogP contribution is 2.31. The summed E-state index contributed by atoms with van der Waals surface area (Å²) >= 11 is 0. The number of carboxylic acid groups (broad SMARTS) is 1. The average molecular weight is 370 g/mol. The Kier molecular flexibility index (Phi) is 5.54. The van der Waals surface area contributed by atoms with E-state index in [-0.39, 0.29) is 12.4 Å². The minimum Gasteiger partial charge on any atom is -0.504 e. The van der Waals surface area contributed by atoms with Gasteiger partial charge in [0.05, 0.1) is 0 Å². The van der Waals surface area contributed by atoms with E-state index in [2.05, 4.69) is 4.90 Å². The lowest BCUT2D eigenvalue weighted by Crippen LogP contribution is -2.19. The van der Waals surface area contributed by atoms with Gasteiger partial charge in [0.1, 0.15) is 5.75 Å². The Morgan fingerprint density at radius 2 is 1.89 bits per heavy atom. The third-order valence-electron chi connectivity index (χ3n) is 5.24. The summed E-state index contributed by atoms with van der Waals surface area (Å²) in [5.74, 6) is 0.505. The number of aliphatic carboxylic acids is 1. The van der Waals surface area contributed by atoms with Crippen molar-refractivity contribution in [3.63, 3.8) is 0 Å². The first-order valence-electron chi connectivity index (χ1n) is 9.25. The molecule has 0 radical (unpaired) electrons. The first kappa shape index (κ1) is 19.0. The average Bonchev–Trinajstić information content (AvgIpc) is 3.16. The van der Waals surface area contributed by atoms with Gasteiger partial charge in [-0.25, -0.2) is 9.78 Å². The van der Waals surface area contributed by atoms with Crippen LogP contribution < -0.4 is 9.64 Å². The van der Waals surface area contributed by atoms with Crippen LogP contribution in [0.1, 0.15) is 40.8 Å². The number of pyridine rings is 1. The number of aromatic nitrogens is 1. The number of hydrogen-bond acceptors (Lipinski definition) is 5. The fraction of sp³-hybridized carbons (Fsp3) is 0.429. The van der Waals surface area contributed by atoms with Crippen LogP contribution >= 0.6 is 0 Å². The van der Waals surface area contributed by atoms with E-state index in [0.717, 1.165) is 53.9 Å². The minimum absolute atomic E-state index is 0.225. The van der Waals surface area contributed by atoms with E-state index >= 15 is 0 Å². The number of ether oxygens (including phenoxy) is 1. The van der Waals surface area contributed by atoms with Gasteiger partial charge in [0.15, 0.2) is 18.2 Å². The van der Waals surface area contributed by atoms with Crippen molar-refractivity contribution in [2.45, 2.75) is 40.0 Å². The summed E-state index contributed by atoms with van der Waals surface area (Å²) in [6.07, 6.45) is 2.90. The van der Waals surface area contributed by atoms with Gasteiger partial charge in [-0.3, -0.25) is 0 Å². The van der Waals surface area contributed by atoms with Crippen LogP contribution in [0.2, 0.25) is 0 Å². The molecular formula is C21H26N2O4. The molecule has 0 amide bonds. The molecule has 1 aliphatic heterocycles. The molecule has 6 heteroatoms. The Bertz CT molecular complexity index is 858. The molecule has 1 aliphatic rings. The second kappa shape index (κ2) is 7.86. The van der Waals surface area contributed by atoms with Gasteiger partial charge in [0.2, 0.25) is 0 Å². The van der Waals surface area contributed by atoms with E-state index in [1.165, 1.54) is 0 Å². The molecule has 0 spiro atoms. The van der Waals surface area contributed by atoms with E-state index in [1.54, 1.807) is 6.07 Å². The molecule has 2 aromatic rings. The van der Waals surface area contributed by atoms with Crippen LogP contribution in [-0.2, 0) is 11.2 Å². The Labute approximate surface area is 159 Å². The highest BCUT2D eigenvalue weighted by molar-refractivity contribution is 5.68. The molecule has 6 nitrogen and oxygen atoms in total. The summed E-state index contributed by atoms with van der Waals surface area (Å²) in [5, 5.41) is 19.0. The van der Waals surface area contributed by atoms with E-state index in [0.29, 0.717) is 18.0 Å². The van der Waals surface area contributed by atoms with Gasteiger partial charge in [0.25, 0.3) is 0 Å². The molecule has 144 valence electrons. The molecule has 2 N–H and O–H groups in total. The first-order valence-corrected chi connectivity index (χ1v) is 9.25. The van der Waals surface area contributed by atoms with Crippen molar-refractivity contribution in [1.29, 1.82) is 0 Å². The summed E-state index contributed by atoms with van der Waals surface area (Å²) in [5.41, 5.74) is 5.11. The van der Waals surface area contributed by atoms with Crippen molar-refractivity contribution < 1.29 is 19.7 Å². The smallest absolute Gasteiger partial charge is 0.341 e. The lowest BCUT2D eigenvalue weighted by Gasteiger charge is -2.20. The standard InChI is InChI=1S/C21H26N2O4/c1-13-10-19(27-12-20(25)26)15(3)14(2)17(13)11-16-6-7-18(24)21(22-16)23-8-4-5-9-23/h6-7,10,24H,4-5,8-9,11-12H2,1-3H3,(H,25,26). The first-order chi connectivity index (χ1) is 12.9. The van der Waals surface area contributed by atoms with Crippen molar-refractivity contribution in [3.8, 4) is 11.5 Å². The second-order valence-electron chi connectivity index (χ2n) is 7.12. The maximum Gasteiger partial charge on any atom is 0.341 e. The van der Waals surface area contributed by atoms with Crippen molar-refractivity contribution in [3.05, 3.63) is 46.1 Å². The molecule has 1 saturated heterocycles. The third kappa shape index (κ3) is 4.15. The Morgan fingerprint density at radius 3 is 2.56 bits per heavy atom. The maximum atomic E-state index is 10.8. The Hall–Kier alpha value is -2.76. The lowest BCUT2D eigenvalue weighted by molar-refractivity contribution is -0.139. The minimum atomic E-state index is -0.989. The van der Waals surface area contributed by atoms with Crippen molar-refractivity contribution in [2.75, 3.05) is 24.6 Å². The van der Waals surface area contributed by atoms with Crippen molar-refractivity contribution in [1.82, 2.24) is 4.98 Å². The van der Waals surface area contributed by atoms with Gasteiger partial charge in [-0.1, -0.05) is 0 Å². The monoisotopic (exact) mass is 370 g/mol. The number of carboxylic acids is 1. The second-order valence-corrected chi connectivity index (χ2v) is 7.12. The highest BCUT2D eigenvalue weighted by Gasteiger charge is 2.19. The highest BCUT2D eigenvalue weighted by atomic mass is 16.5. The van der Waals surface area contributed by atoms with E-state index in [1.807, 2.05) is 32.9 Å². The van der Waals surface area contributed by atoms with E-state index in [9.17, 15) is 9.90 Å². The molecule has 0 atom stereocenters. The largest absolute Gasteiger partial charge is 0.504 e. The van der Waals surface area contributed by atoms with Crippen LogP contribution in [0.3, 0.4) is 0 Å². The molecule has 3 rings (SSSR count). The zero-order chi connectivity index (χ0) is 19.6. The number of anilines is 1. The van der Waals surface area contributed by atoms with Gasteiger partial charge in [0, 0.05) is 25.2 Å². The molecule has 1 aromatic heterocycles. The maximum absolute atomic E-state index is 10.8. The SMILES string of the molecule is Cc1cc(OCC(=O)O)c(C)c(C)c1Cc1ccc(O)c(N2CCCC2)n1. The van der Waals surface area contributed by atoms with Crippen LogP contribution in [0.25, 0.3) is 0 Å². The summed E-state index contributed by atoms with van der Waals surface area (Å²) in [4.78, 5) is 17.6. The van der Waals surface area contributed by atoms with Gasteiger partial charge in [-0.2, -0.15) is 0 Å². The topological polar surface area (TPSA) is 82.9 Å². The number of nitrogens with zero attached hydrogens (tertiary/aromatic N) is 2. The van der Waals surface area contributed by atoms with Crippen LogP contribution in [0.5, 0.6) is 11.5 Å². The van der Waals surface area contributed by atoms with Gasteiger partial charge in [-0.15, -0.1) is 0 Å². The predicted molar refractivity (Wildman–Crippen MR) is 104 cm³/mol. The van der Waals surface area contributed by atoms with Crippen molar-refractivity contribution >= 4 is 11.8 Å². The number of carbonyl (C=O) groups is 1. The molecule has 0 bridgehead atoms. The molecule has 1 fully saturated rings. The molecule has 27 heavy (non-hydrogen) atoms. The molecule has 1 aromatic carbocycles. The zero-order valence-corrected chi connectivity index (χ0v) is 16.1. The van der Waals surface area contributed by atoms with Crippen LogP contribution in [-0.4, -0.2) is 40.9 Å². The molecular weight excluding hydrogens is 344 g/mol. The van der Waals surface area contributed by atoms with Crippen LogP contribution in [0.15, 0.2) is 18.2 Å². The summed E-state index contributed by atoms with van der Waals surface area (Å²) in [6.45, 7) is 7.46. The van der Waals surface area contributed by atoms with Gasteiger partial charge in [-0.05, 0) is 74.1 Å². The fourth-order valence-electron chi connectivity index (χ4n) is 3.58. The number of hydrogen-bond donors (Lipinski definition) is 2. The number of benzene rings is 1. The lowest BCUT2D eigenvalue weighted by atomic mass is 9.94. The van der Waals surface area contributed by atoms with E-state index in [4.69, 9.17) is 14.8 Å². The third-order valence-corrected chi connectivity index (χ3v) is 5.24. The summed E-state index contributed by atoms with van der Waals surface area (Å²) in [7, 11) is 0. The number of aromatic hydroxyl groups is 1. The van der Waals surface area contributed by atoms with Crippen LogP contribution in [0, 0.1) is 20.8 Å². The quantitative estimate of drug-likeness (QED) is 0.811. The predicted octanol–water partition coefficient (Wildman–Crippen LogP) is 3.37. The molecule has 2 heterocycles. The summed E-state index contributed by atoms with van der Waals surface area (Å²) < 4.78 is 5.41. The Morgan fingerprint density at radius 1 is 1.19 bits per heavy atom. The van der Waals surface area contributed by atoms with E-state index < -0.39 is 5.97 Å². The number of rotatable bonds is 6. The molecule has 0 unspecified atom stereocenters. The van der Waals surface area contributed by atoms with Gasteiger partial charge >= 0.3 is 5.97 Å².